The highest BCUT2D eigenvalue weighted by molar-refractivity contribution is 5.94. The molecule has 1 aromatic rings. The molecule has 1 unspecified atom stereocenters. The van der Waals surface area contributed by atoms with Crippen molar-refractivity contribution in [1.29, 1.82) is 0 Å². The molecular formula is C16H23FN2O. The Labute approximate surface area is 120 Å². The van der Waals surface area contributed by atoms with Crippen molar-refractivity contribution in [2.75, 3.05) is 26.2 Å². The van der Waals surface area contributed by atoms with Crippen LogP contribution in [0.15, 0.2) is 18.2 Å². The van der Waals surface area contributed by atoms with Crippen LogP contribution < -0.4 is 0 Å². The molecule has 20 heavy (non-hydrogen) atoms. The Bertz CT molecular complexity index is 481. The summed E-state index contributed by atoms with van der Waals surface area (Å²) >= 11 is 0. The number of benzene rings is 1. The Kier molecular flexibility index (Phi) is 4.76. The van der Waals surface area contributed by atoms with E-state index in [2.05, 4.69) is 18.7 Å². The average Bonchev–Trinajstić information content (AvgIpc) is 2.48. The lowest BCUT2D eigenvalue weighted by Gasteiger charge is -2.37. The molecule has 0 bridgehead atoms. The van der Waals surface area contributed by atoms with Crippen LogP contribution in [0.4, 0.5) is 4.39 Å². The first-order valence-corrected chi connectivity index (χ1v) is 7.32. The number of amides is 1. The van der Waals surface area contributed by atoms with Crippen LogP contribution >= 0.6 is 0 Å². The first kappa shape index (κ1) is 15.0. The van der Waals surface area contributed by atoms with E-state index in [0.717, 1.165) is 32.6 Å². The van der Waals surface area contributed by atoms with Crippen LogP contribution in [0, 0.1) is 12.7 Å². The van der Waals surface area contributed by atoms with Crippen molar-refractivity contribution >= 4 is 5.91 Å². The summed E-state index contributed by atoms with van der Waals surface area (Å²) < 4.78 is 13.3. The first-order chi connectivity index (χ1) is 9.52. The second-order valence-corrected chi connectivity index (χ2v) is 5.55. The predicted octanol–water partition coefficient (Wildman–Crippen LogP) is 2.69. The molecule has 0 N–H and O–H groups in total. The van der Waals surface area contributed by atoms with Gasteiger partial charge in [-0.05, 0) is 44.0 Å². The average molecular weight is 278 g/mol. The maximum absolute atomic E-state index is 13.3. The van der Waals surface area contributed by atoms with Gasteiger partial charge in [-0.2, -0.15) is 0 Å². The molecule has 1 atom stereocenters. The molecule has 1 aliphatic rings. The summed E-state index contributed by atoms with van der Waals surface area (Å²) in [7, 11) is 0. The number of carbonyl (C=O) groups excluding carboxylic acids is 1. The first-order valence-electron chi connectivity index (χ1n) is 7.32. The molecule has 0 radical (unpaired) electrons. The monoisotopic (exact) mass is 278 g/mol. The molecule has 1 amide bonds. The van der Waals surface area contributed by atoms with Crippen LogP contribution in [-0.2, 0) is 0 Å². The van der Waals surface area contributed by atoms with Crippen LogP contribution in [-0.4, -0.2) is 47.9 Å². The van der Waals surface area contributed by atoms with E-state index in [1.807, 2.05) is 4.90 Å². The molecule has 0 aromatic heterocycles. The molecule has 4 heteroatoms. The summed E-state index contributed by atoms with van der Waals surface area (Å²) in [6.45, 7) is 9.43. The van der Waals surface area contributed by atoms with Crippen LogP contribution in [0.1, 0.15) is 36.2 Å². The highest BCUT2D eigenvalue weighted by atomic mass is 19.1. The van der Waals surface area contributed by atoms with Crippen LogP contribution in [0.5, 0.6) is 0 Å². The molecule has 0 spiro atoms. The van der Waals surface area contributed by atoms with Gasteiger partial charge in [0.15, 0.2) is 0 Å². The summed E-state index contributed by atoms with van der Waals surface area (Å²) in [4.78, 5) is 16.7. The molecule has 1 saturated heterocycles. The molecular weight excluding hydrogens is 255 g/mol. The number of halogens is 1. The third kappa shape index (κ3) is 3.18. The molecule has 2 rings (SSSR count). The van der Waals surface area contributed by atoms with Gasteiger partial charge in [-0.15, -0.1) is 0 Å². The van der Waals surface area contributed by atoms with Gasteiger partial charge >= 0.3 is 0 Å². The third-order valence-electron chi connectivity index (χ3n) is 4.22. The van der Waals surface area contributed by atoms with Gasteiger partial charge in [0, 0.05) is 37.8 Å². The van der Waals surface area contributed by atoms with E-state index in [1.165, 1.54) is 6.07 Å². The van der Waals surface area contributed by atoms with Gasteiger partial charge in [-0.3, -0.25) is 9.69 Å². The van der Waals surface area contributed by atoms with Crippen molar-refractivity contribution in [3.05, 3.63) is 35.1 Å². The number of nitrogens with zero attached hydrogens (tertiary/aromatic N) is 2. The Hall–Kier alpha value is -1.42. The molecule has 1 fully saturated rings. The number of piperazine rings is 1. The van der Waals surface area contributed by atoms with Gasteiger partial charge < -0.3 is 4.90 Å². The van der Waals surface area contributed by atoms with Gasteiger partial charge in [-0.1, -0.05) is 6.92 Å². The molecule has 3 nitrogen and oxygen atoms in total. The standard InChI is InChI=1S/C16H23FN2O/c1-4-13(3)18-7-9-19(10-8-18)16(20)14-5-6-15(17)12(2)11-14/h5-6,11,13H,4,7-10H2,1-3H3. The van der Waals surface area contributed by atoms with Crippen molar-refractivity contribution in [2.45, 2.75) is 33.2 Å². The lowest BCUT2D eigenvalue weighted by Crippen LogP contribution is -2.51. The summed E-state index contributed by atoms with van der Waals surface area (Å²) in [6.07, 6.45) is 1.13. The second-order valence-electron chi connectivity index (χ2n) is 5.55. The van der Waals surface area contributed by atoms with Crippen molar-refractivity contribution in [1.82, 2.24) is 9.80 Å². The topological polar surface area (TPSA) is 23.6 Å². The summed E-state index contributed by atoms with van der Waals surface area (Å²) in [5.41, 5.74) is 1.11. The smallest absolute Gasteiger partial charge is 0.253 e. The number of hydrogen-bond acceptors (Lipinski definition) is 2. The van der Waals surface area contributed by atoms with Crippen molar-refractivity contribution < 1.29 is 9.18 Å². The van der Waals surface area contributed by atoms with E-state index in [4.69, 9.17) is 0 Å². The van der Waals surface area contributed by atoms with E-state index in [0.29, 0.717) is 17.2 Å². The number of aryl methyl sites for hydroxylation is 1. The maximum atomic E-state index is 13.3. The Morgan fingerprint density at radius 2 is 1.95 bits per heavy atom. The number of carbonyl (C=O) groups is 1. The van der Waals surface area contributed by atoms with Crippen molar-refractivity contribution in [3.8, 4) is 0 Å². The Morgan fingerprint density at radius 3 is 2.50 bits per heavy atom. The number of rotatable bonds is 3. The quantitative estimate of drug-likeness (QED) is 0.848. The van der Waals surface area contributed by atoms with E-state index < -0.39 is 0 Å². The number of hydrogen-bond donors (Lipinski definition) is 0. The fourth-order valence-electron chi connectivity index (χ4n) is 2.58. The molecule has 1 aliphatic heterocycles. The van der Waals surface area contributed by atoms with E-state index >= 15 is 0 Å². The van der Waals surface area contributed by atoms with Crippen LogP contribution in [0.2, 0.25) is 0 Å². The van der Waals surface area contributed by atoms with E-state index in [1.54, 1.807) is 19.1 Å². The van der Waals surface area contributed by atoms with E-state index in [-0.39, 0.29) is 11.7 Å². The molecule has 1 aromatic carbocycles. The Balaban J connectivity index is 1.99. The minimum absolute atomic E-state index is 0.0110. The zero-order chi connectivity index (χ0) is 14.7. The van der Waals surface area contributed by atoms with Gasteiger partial charge in [0.25, 0.3) is 5.91 Å². The van der Waals surface area contributed by atoms with Gasteiger partial charge in [0.1, 0.15) is 5.82 Å². The summed E-state index contributed by atoms with van der Waals surface area (Å²) in [6, 6.07) is 5.16. The van der Waals surface area contributed by atoms with E-state index in [9.17, 15) is 9.18 Å². The molecule has 0 saturated carbocycles. The molecule has 1 heterocycles. The SMILES string of the molecule is CCC(C)N1CCN(C(=O)c2ccc(F)c(C)c2)CC1. The molecule has 110 valence electrons. The normalized spacial score (nSPS) is 18.1. The van der Waals surface area contributed by atoms with Gasteiger partial charge in [-0.25, -0.2) is 4.39 Å². The van der Waals surface area contributed by atoms with Gasteiger partial charge in [0.2, 0.25) is 0 Å². The zero-order valence-electron chi connectivity index (χ0n) is 12.5. The lowest BCUT2D eigenvalue weighted by molar-refractivity contribution is 0.0579. The second kappa shape index (κ2) is 6.35. The largest absolute Gasteiger partial charge is 0.336 e. The summed E-state index contributed by atoms with van der Waals surface area (Å²) in [5.74, 6) is -0.250. The van der Waals surface area contributed by atoms with Crippen LogP contribution in [0.3, 0.4) is 0 Å². The predicted molar refractivity (Wildman–Crippen MR) is 78.4 cm³/mol. The highest BCUT2D eigenvalue weighted by Gasteiger charge is 2.24. The van der Waals surface area contributed by atoms with Crippen molar-refractivity contribution in [3.63, 3.8) is 0 Å². The molecule has 0 aliphatic carbocycles. The zero-order valence-corrected chi connectivity index (χ0v) is 12.5. The van der Waals surface area contributed by atoms with Gasteiger partial charge in [0.05, 0.1) is 0 Å². The third-order valence-corrected chi connectivity index (χ3v) is 4.22. The maximum Gasteiger partial charge on any atom is 0.253 e. The minimum Gasteiger partial charge on any atom is -0.336 e. The fraction of sp³-hybridized carbons (Fsp3) is 0.562. The van der Waals surface area contributed by atoms with Crippen LogP contribution in [0.25, 0.3) is 0 Å². The highest BCUT2D eigenvalue weighted by Crippen LogP contribution is 2.14. The fourth-order valence-corrected chi connectivity index (χ4v) is 2.58. The lowest BCUT2D eigenvalue weighted by atomic mass is 10.1. The van der Waals surface area contributed by atoms with Crippen molar-refractivity contribution in [2.24, 2.45) is 0 Å². The minimum atomic E-state index is -0.261. The summed E-state index contributed by atoms with van der Waals surface area (Å²) in [5, 5.41) is 0. The Morgan fingerprint density at radius 1 is 1.30 bits per heavy atom.